The first kappa shape index (κ1) is 9.71. The highest BCUT2D eigenvalue weighted by Crippen LogP contribution is 2.22. The van der Waals surface area contributed by atoms with Crippen LogP contribution in [0, 0.1) is 0 Å². The molecule has 1 aromatic carbocycles. The molecule has 0 atom stereocenters. The molecule has 0 N–H and O–H groups in total. The molecule has 2 heteroatoms. The van der Waals surface area contributed by atoms with Gasteiger partial charge in [0.2, 0.25) is 0 Å². The second kappa shape index (κ2) is 4.13. The Morgan fingerprint density at radius 3 is 2.93 bits per heavy atom. The molecule has 1 aromatic heterocycles. The first-order chi connectivity index (χ1) is 7.35. The summed E-state index contributed by atoms with van der Waals surface area (Å²) in [6.07, 6.45) is 5.19. The maximum absolute atomic E-state index is 10.7. The van der Waals surface area contributed by atoms with Gasteiger partial charge in [0.05, 0.1) is 6.26 Å². The molecule has 0 unspecified atom stereocenters. The SMILES string of the molecule is CC/C(C=O)=C/c1coc2ccccc12. The highest BCUT2D eigenvalue weighted by molar-refractivity contribution is 5.91. The molecule has 0 amide bonds. The topological polar surface area (TPSA) is 30.2 Å². The number of furan rings is 1. The van der Waals surface area contributed by atoms with Gasteiger partial charge in [0.25, 0.3) is 0 Å². The summed E-state index contributed by atoms with van der Waals surface area (Å²) < 4.78 is 5.38. The normalized spacial score (nSPS) is 11.9. The van der Waals surface area contributed by atoms with E-state index in [2.05, 4.69) is 0 Å². The molecule has 2 aromatic rings. The van der Waals surface area contributed by atoms with Crippen molar-refractivity contribution in [1.82, 2.24) is 0 Å². The van der Waals surface area contributed by atoms with E-state index in [-0.39, 0.29) is 0 Å². The van der Waals surface area contributed by atoms with Crippen molar-refractivity contribution in [2.45, 2.75) is 13.3 Å². The van der Waals surface area contributed by atoms with Crippen LogP contribution in [-0.4, -0.2) is 6.29 Å². The molecule has 2 rings (SSSR count). The lowest BCUT2D eigenvalue weighted by molar-refractivity contribution is -0.104. The Labute approximate surface area is 88.2 Å². The van der Waals surface area contributed by atoms with Crippen molar-refractivity contribution in [3.05, 3.63) is 41.7 Å². The summed E-state index contributed by atoms with van der Waals surface area (Å²) in [7, 11) is 0. The summed E-state index contributed by atoms with van der Waals surface area (Å²) in [4.78, 5) is 10.7. The molecule has 76 valence electrons. The molecule has 0 aliphatic rings. The summed E-state index contributed by atoms with van der Waals surface area (Å²) >= 11 is 0. The third-order valence-electron chi connectivity index (χ3n) is 2.41. The van der Waals surface area contributed by atoms with Gasteiger partial charge in [-0.15, -0.1) is 0 Å². The lowest BCUT2D eigenvalue weighted by atomic mass is 10.1. The third-order valence-corrected chi connectivity index (χ3v) is 2.41. The standard InChI is InChI=1S/C13H12O2/c1-2-10(8-14)7-11-9-15-13-6-4-3-5-12(11)13/h3-9H,2H2,1H3/b10-7-. The summed E-state index contributed by atoms with van der Waals surface area (Å²) in [5.74, 6) is 0. The zero-order valence-corrected chi connectivity index (χ0v) is 8.57. The number of hydrogen-bond acceptors (Lipinski definition) is 2. The predicted molar refractivity (Wildman–Crippen MR) is 60.5 cm³/mol. The maximum atomic E-state index is 10.7. The van der Waals surface area contributed by atoms with E-state index in [0.29, 0.717) is 0 Å². The summed E-state index contributed by atoms with van der Waals surface area (Å²) in [5.41, 5.74) is 2.60. The van der Waals surface area contributed by atoms with Crippen LogP contribution in [0.2, 0.25) is 0 Å². The van der Waals surface area contributed by atoms with Gasteiger partial charge < -0.3 is 4.42 Å². The minimum atomic E-state index is 0.739. The van der Waals surface area contributed by atoms with Gasteiger partial charge in [-0.05, 0) is 24.1 Å². The van der Waals surface area contributed by atoms with E-state index in [1.54, 1.807) is 6.26 Å². The number of benzene rings is 1. The quantitative estimate of drug-likeness (QED) is 0.561. The summed E-state index contributed by atoms with van der Waals surface area (Å²) in [6, 6.07) is 7.80. The Morgan fingerprint density at radius 2 is 2.20 bits per heavy atom. The average Bonchev–Trinajstić information content (AvgIpc) is 2.69. The van der Waals surface area contributed by atoms with Crippen molar-refractivity contribution >= 4 is 23.3 Å². The molecule has 0 bridgehead atoms. The van der Waals surface area contributed by atoms with Gasteiger partial charge >= 0.3 is 0 Å². The number of aldehydes is 1. The van der Waals surface area contributed by atoms with Crippen LogP contribution >= 0.6 is 0 Å². The van der Waals surface area contributed by atoms with Crippen LogP contribution in [0.4, 0.5) is 0 Å². The summed E-state index contributed by atoms with van der Waals surface area (Å²) in [6.45, 7) is 1.96. The highest BCUT2D eigenvalue weighted by atomic mass is 16.3. The van der Waals surface area contributed by atoms with Gasteiger partial charge in [0, 0.05) is 10.9 Å². The molecule has 0 saturated carbocycles. The highest BCUT2D eigenvalue weighted by Gasteiger charge is 2.02. The van der Waals surface area contributed by atoms with Crippen molar-refractivity contribution in [2.75, 3.05) is 0 Å². The van der Waals surface area contributed by atoms with Gasteiger partial charge in [-0.25, -0.2) is 0 Å². The Bertz CT molecular complexity index is 506. The molecular weight excluding hydrogens is 188 g/mol. The summed E-state index contributed by atoms with van der Waals surface area (Å²) in [5, 5.41) is 1.05. The van der Waals surface area contributed by atoms with E-state index in [1.807, 2.05) is 37.3 Å². The first-order valence-corrected chi connectivity index (χ1v) is 4.97. The van der Waals surface area contributed by atoms with Gasteiger partial charge in [-0.3, -0.25) is 4.79 Å². The fourth-order valence-electron chi connectivity index (χ4n) is 1.53. The van der Waals surface area contributed by atoms with Gasteiger partial charge in [-0.1, -0.05) is 25.1 Å². The number of hydrogen-bond donors (Lipinski definition) is 0. The lowest BCUT2D eigenvalue weighted by Gasteiger charge is -1.92. The van der Waals surface area contributed by atoms with E-state index in [9.17, 15) is 4.79 Å². The molecule has 0 radical (unpaired) electrons. The fraction of sp³-hybridized carbons (Fsp3) is 0.154. The fourth-order valence-corrected chi connectivity index (χ4v) is 1.53. The Hall–Kier alpha value is -1.83. The largest absolute Gasteiger partial charge is 0.464 e. The van der Waals surface area contributed by atoms with Gasteiger partial charge in [-0.2, -0.15) is 0 Å². The predicted octanol–water partition coefficient (Wildman–Crippen LogP) is 3.43. The van der Waals surface area contributed by atoms with Crippen molar-refractivity contribution in [2.24, 2.45) is 0 Å². The lowest BCUT2D eigenvalue weighted by Crippen LogP contribution is -1.80. The third kappa shape index (κ3) is 1.84. The Balaban J connectivity index is 2.53. The van der Waals surface area contributed by atoms with Crippen LogP contribution in [0.1, 0.15) is 18.9 Å². The van der Waals surface area contributed by atoms with E-state index in [0.717, 1.165) is 34.8 Å². The van der Waals surface area contributed by atoms with Crippen LogP contribution < -0.4 is 0 Å². The van der Waals surface area contributed by atoms with E-state index in [4.69, 9.17) is 4.42 Å². The zero-order chi connectivity index (χ0) is 10.7. The smallest absolute Gasteiger partial charge is 0.146 e. The van der Waals surface area contributed by atoms with E-state index >= 15 is 0 Å². The second-order valence-electron chi connectivity index (χ2n) is 3.38. The maximum Gasteiger partial charge on any atom is 0.146 e. The Morgan fingerprint density at radius 1 is 1.40 bits per heavy atom. The second-order valence-corrected chi connectivity index (χ2v) is 3.38. The number of rotatable bonds is 3. The van der Waals surface area contributed by atoms with Gasteiger partial charge in [0.15, 0.2) is 0 Å². The van der Waals surface area contributed by atoms with Gasteiger partial charge in [0.1, 0.15) is 11.9 Å². The van der Waals surface area contributed by atoms with Crippen LogP contribution in [0.15, 0.2) is 40.5 Å². The van der Waals surface area contributed by atoms with Crippen molar-refractivity contribution in [1.29, 1.82) is 0 Å². The molecule has 0 spiro atoms. The number of carbonyl (C=O) groups excluding carboxylic acids is 1. The van der Waals surface area contributed by atoms with E-state index < -0.39 is 0 Å². The molecule has 1 heterocycles. The molecule has 0 saturated heterocycles. The van der Waals surface area contributed by atoms with Crippen LogP contribution in [-0.2, 0) is 4.79 Å². The number of fused-ring (bicyclic) bond motifs is 1. The Kier molecular flexibility index (Phi) is 2.68. The molecule has 0 aliphatic heterocycles. The minimum Gasteiger partial charge on any atom is -0.464 e. The number of allylic oxidation sites excluding steroid dienone is 1. The van der Waals surface area contributed by atoms with Crippen LogP contribution in [0.25, 0.3) is 17.0 Å². The molecule has 15 heavy (non-hydrogen) atoms. The molecular formula is C13H12O2. The van der Waals surface area contributed by atoms with Crippen molar-refractivity contribution in [3.63, 3.8) is 0 Å². The molecule has 2 nitrogen and oxygen atoms in total. The molecule has 0 fully saturated rings. The van der Waals surface area contributed by atoms with Crippen molar-refractivity contribution in [3.8, 4) is 0 Å². The minimum absolute atomic E-state index is 0.739. The number of para-hydroxylation sites is 1. The number of carbonyl (C=O) groups is 1. The average molecular weight is 200 g/mol. The monoisotopic (exact) mass is 200 g/mol. The first-order valence-electron chi connectivity index (χ1n) is 4.97. The van der Waals surface area contributed by atoms with E-state index in [1.165, 1.54) is 0 Å². The van der Waals surface area contributed by atoms with Crippen LogP contribution in [0.5, 0.6) is 0 Å². The zero-order valence-electron chi connectivity index (χ0n) is 8.57. The molecule has 0 aliphatic carbocycles. The van der Waals surface area contributed by atoms with Crippen LogP contribution in [0.3, 0.4) is 0 Å². The van der Waals surface area contributed by atoms with Crippen molar-refractivity contribution < 1.29 is 9.21 Å².